The van der Waals surface area contributed by atoms with Gasteiger partial charge in [0.1, 0.15) is 0 Å². The van der Waals surface area contributed by atoms with Crippen LogP contribution in [0, 0.1) is 22.7 Å². The molecule has 98 valence electrons. The Hall–Kier alpha value is -0.0400. The molecule has 2 unspecified atom stereocenters. The van der Waals surface area contributed by atoms with Crippen molar-refractivity contribution in [3.8, 4) is 0 Å². The van der Waals surface area contributed by atoms with Gasteiger partial charge in [0.25, 0.3) is 0 Å². The predicted molar refractivity (Wildman–Crippen MR) is 70.8 cm³/mol. The zero-order chi connectivity index (χ0) is 12.3. The van der Waals surface area contributed by atoms with Crippen LogP contribution >= 0.6 is 0 Å². The number of rotatable bonds is 1. The normalized spacial score (nSPS) is 47.3. The maximum atomic E-state index is 11.1. The second-order valence-electron chi connectivity index (χ2n) is 7.83. The maximum Gasteiger partial charge on any atom is 0.0681 e. The fraction of sp³-hybridized carbons (Fsp3) is 1.00. The number of hydrogen-bond donors (Lipinski definition) is 1. The van der Waals surface area contributed by atoms with Gasteiger partial charge in [0, 0.05) is 0 Å². The second kappa shape index (κ2) is 3.50. The van der Waals surface area contributed by atoms with E-state index in [-0.39, 0.29) is 5.60 Å². The SMILES string of the molecule is CC1(C)C2CC[C@]1(C)C(C1(O)CCCCC1)C2. The molecule has 1 heteroatoms. The molecule has 0 aromatic rings. The highest BCUT2D eigenvalue weighted by Gasteiger charge is 2.65. The molecule has 3 fully saturated rings. The van der Waals surface area contributed by atoms with Crippen LogP contribution < -0.4 is 0 Å². The van der Waals surface area contributed by atoms with Crippen molar-refractivity contribution in [3.05, 3.63) is 0 Å². The van der Waals surface area contributed by atoms with E-state index >= 15 is 0 Å². The van der Waals surface area contributed by atoms with Crippen LogP contribution in [0.1, 0.15) is 72.1 Å². The van der Waals surface area contributed by atoms with Crippen LogP contribution in [0.15, 0.2) is 0 Å². The Kier molecular flexibility index (Phi) is 2.47. The van der Waals surface area contributed by atoms with Gasteiger partial charge in [-0.1, -0.05) is 40.0 Å². The quantitative estimate of drug-likeness (QED) is 0.725. The Balaban J connectivity index is 1.91. The fourth-order valence-corrected chi connectivity index (χ4v) is 5.53. The lowest BCUT2D eigenvalue weighted by molar-refractivity contribution is -0.102. The molecule has 17 heavy (non-hydrogen) atoms. The van der Waals surface area contributed by atoms with Crippen molar-refractivity contribution >= 4 is 0 Å². The molecule has 0 aliphatic heterocycles. The van der Waals surface area contributed by atoms with E-state index in [9.17, 15) is 5.11 Å². The molecule has 3 aliphatic carbocycles. The van der Waals surface area contributed by atoms with Gasteiger partial charge >= 0.3 is 0 Å². The molecule has 2 bridgehead atoms. The van der Waals surface area contributed by atoms with Gasteiger partial charge in [-0.2, -0.15) is 0 Å². The summed E-state index contributed by atoms with van der Waals surface area (Å²) < 4.78 is 0. The van der Waals surface area contributed by atoms with Crippen LogP contribution in [-0.4, -0.2) is 10.7 Å². The van der Waals surface area contributed by atoms with Crippen LogP contribution in [0.2, 0.25) is 0 Å². The van der Waals surface area contributed by atoms with Gasteiger partial charge < -0.3 is 5.11 Å². The van der Waals surface area contributed by atoms with Gasteiger partial charge in [0.2, 0.25) is 0 Å². The van der Waals surface area contributed by atoms with Crippen LogP contribution in [0.5, 0.6) is 0 Å². The van der Waals surface area contributed by atoms with E-state index in [1.165, 1.54) is 38.5 Å². The summed E-state index contributed by atoms with van der Waals surface area (Å²) >= 11 is 0. The summed E-state index contributed by atoms with van der Waals surface area (Å²) in [4.78, 5) is 0. The lowest BCUT2D eigenvalue weighted by Crippen LogP contribution is -2.48. The minimum Gasteiger partial charge on any atom is -0.390 e. The largest absolute Gasteiger partial charge is 0.390 e. The second-order valence-corrected chi connectivity index (χ2v) is 7.83. The van der Waals surface area contributed by atoms with E-state index < -0.39 is 0 Å². The van der Waals surface area contributed by atoms with Crippen molar-refractivity contribution in [2.75, 3.05) is 0 Å². The molecule has 0 saturated heterocycles. The minimum atomic E-state index is -0.320. The molecule has 0 radical (unpaired) electrons. The zero-order valence-electron chi connectivity index (χ0n) is 11.8. The van der Waals surface area contributed by atoms with Gasteiger partial charge in [0.05, 0.1) is 5.60 Å². The Labute approximate surface area is 106 Å². The highest BCUT2D eigenvalue weighted by molar-refractivity contribution is 5.14. The highest BCUT2D eigenvalue weighted by Crippen LogP contribution is 2.71. The summed E-state index contributed by atoms with van der Waals surface area (Å²) in [6.45, 7) is 7.38. The Morgan fingerprint density at radius 1 is 0.941 bits per heavy atom. The van der Waals surface area contributed by atoms with Crippen molar-refractivity contribution in [2.45, 2.75) is 77.7 Å². The Morgan fingerprint density at radius 2 is 1.59 bits per heavy atom. The van der Waals surface area contributed by atoms with E-state index in [4.69, 9.17) is 0 Å². The maximum absolute atomic E-state index is 11.1. The van der Waals surface area contributed by atoms with Crippen molar-refractivity contribution in [1.29, 1.82) is 0 Å². The van der Waals surface area contributed by atoms with Gasteiger partial charge in [-0.15, -0.1) is 0 Å². The molecule has 1 nitrogen and oxygen atoms in total. The monoisotopic (exact) mass is 236 g/mol. The molecule has 0 aromatic heterocycles. The van der Waals surface area contributed by atoms with Crippen LogP contribution in [-0.2, 0) is 0 Å². The van der Waals surface area contributed by atoms with E-state index in [1.807, 2.05) is 0 Å². The van der Waals surface area contributed by atoms with Crippen molar-refractivity contribution in [3.63, 3.8) is 0 Å². The molecule has 1 N–H and O–H groups in total. The van der Waals surface area contributed by atoms with Gasteiger partial charge in [0.15, 0.2) is 0 Å². The average molecular weight is 236 g/mol. The van der Waals surface area contributed by atoms with Gasteiger partial charge in [-0.05, 0) is 54.8 Å². The smallest absolute Gasteiger partial charge is 0.0681 e. The van der Waals surface area contributed by atoms with Crippen molar-refractivity contribution < 1.29 is 5.11 Å². The van der Waals surface area contributed by atoms with Gasteiger partial charge in [-0.25, -0.2) is 0 Å². The lowest BCUT2D eigenvalue weighted by Gasteiger charge is -2.48. The van der Waals surface area contributed by atoms with Crippen LogP contribution in [0.4, 0.5) is 0 Å². The number of hydrogen-bond acceptors (Lipinski definition) is 1. The first-order valence-corrected chi connectivity index (χ1v) is 7.63. The summed E-state index contributed by atoms with van der Waals surface area (Å²) in [6.07, 6.45) is 9.99. The topological polar surface area (TPSA) is 20.2 Å². The molecule has 3 saturated carbocycles. The Morgan fingerprint density at radius 3 is 2.06 bits per heavy atom. The van der Waals surface area contributed by atoms with Crippen LogP contribution in [0.25, 0.3) is 0 Å². The third kappa shape index (κ3) is 1.41. The molecule has 0 spiro atoms. The van der Waals surface area contributed by atoms with Crippen molar-refractivity contribution in [2.24, 2.45) is 22.7 Å². The lowest BCUT2D eigenvalue weighted by atomic mass is 9.59. The highest BCUT2D eigenvalue weighted by atomic mass is 16.3. The number of fused-ring (bicyclic) bond motifs is 2. The average Bonchev–Trinajstić information content (AvgIpc) is 2.62. The fourth-order valence-electron chi connectivity index (χ4n) is 5.53. The minimum absolute atomic E-state index is 0.320. The summed E-state index contributed by atoms with van der Waals surface area (Å²) in [7, 11) is 0. The van der Waals surface area contributed by atoms with Crippen molar-refractivity contribution in [1.82, 2.24) is 0 Å². The first-order valence-electron chi connectivity index (χ1n) is 7.63. The van der Waals surface area contributed by atoms with E-state index in [0.717, 1.165) is 18.8 Å². The number of aliphatic hydroxyl groups is 1. The summed E-state index contributed by atoms with van der Waals surface area (Å²) in [5, 5.41) is 11.1. The Bertz CT molecular complexity index is 313. The standard InChI is InChI=1S/C16H28O/c1-14(2)12-7-10-15(14,3)13(11-12)16(17)8-5-4-6-9-16/h12-13,17H,4-11H2,1-3H3/t12?,13?,15-/m1/s1. The molecule has 0 amide bonds. The molecule has 3 aliphatic rings. The first kappa shape index (κ1) is 12.0. The third-order valence-electron chi connectivity index (χ3n) is 7.16. The third-order valence-corrected chi connectivity index (χ3v) is 7.16. The van der Waals surface area contributed by atoms with E-state index in [1.54, 1.807) is 0 Å². The summed E-state index contributed by atoms with van der Waals surface area (Å²) in [6, 6.07) is 0. The predicted octanol–water partition coefficient (Wildman–Crippen LogP) is 4.14. The zero-order valence-corrected chi connectivity index (χ0v) is 11.8. The molecular formula is C16H28O. The van der Waals surface area contributed by atoms with Gasteiger partial charge in [-0.3, -0.25) is 0 Å². The van der Waals surface area contributed by atoms with E-state index in [0.29, 0.717) is 16.7 Å². The molecular weight excluding hydrogens is 208 g/mol. The molecule has 3 atom stereocenters. The first-order chi connectivity index (χ1) is 7.90. The molecule has 3 rings (SSSR count). The van der Waals surface area contributed by atoms with Crippen LogP contribution in [0.3, 0.4) is 0 Å². The summed E-state index contributed by atoms with van der Waals surface area (Å²) in [5.74, 6) is 1.44. The summed E-state index contributed by atoms with van der Waals surface area (Å²) in [5.41, 5.74) is 0.522. The molecule has 0 aromatic carbocycles. The molecule has 0 heterocycles. The van der Waals surface area contributed by atoms with E-state index in [2.05, 4.69) is 20.8 Å².